The van der Waals surface area contributed by atoms with E-state index in [0.29, 0.717) is 12.2 Å². The van der Waals surface area contributed by atoms with Crippen molar-refractivity contribution in [3.63, 3.8) is 0 Å². The third kappa shape index (κ3) is 5.47. The lowest BCUT2D eigenvalue weighted by molar-refractivity contribution is -0.187. The monoisotopic (exact) mass is 280 g/mol. The van der Waals surface area contributed by atoms with E-state index < -0.39 is 18.2 Å². The van der Waals surface area contributed by atoms with Gasteiger partial charge in [-0.2, -0.15) is 0 Å². The van der Waals surface area contributed by atoms with Crippen LogP contribution in [0.25, 0.3) is 0 Å². The van der Waals surface area contributed by atoms with Gasteiger partial charge in [-0.25, -0.2) is 0 Å². The van der Waals surface area contributed by atoms with E-state index in [9.17, 15) is 14.4 Å². The van der Waals surface area contributed by atoms with E-state index in [1.165, 1.54) is 27.0 Å². The fourth-order valence-electron chi connectivity index (χ4n) is 1.35. The third-order valence-corrected chi connectivity index (χ3v) is 2.18. The summed E-state index contributed by atoms with van der Waals surface area (Å²) >= 11 is 0. The molecule has 1 N–H and O–H groups in total. The van der Waals surface area contributed by atoms with Crippen molar-refractivity contribution in [1.82, 2.24) is 10.3 Å². The number of pyridine rings is 1. The van der Waals surface area contributed by atoms with E-state index >= 15 is 0 Å². The van der Waals surface area contributed by atoms with Gasteiger partial charge >= 0.3 is 11.9 Å². The molecule has 7 heteroatoms. The lowest BCUT2D eigenvalue weighted by Crippen LogP contribution is -2.19. The molecule has 0 fully saturated rings. The number of rotatable bonds is 5. The van der Waals surface area contributed by atoms with Gasteiger partial charge in [-0.3, -0.25) is 19.4 Å². The zero-order valence-electron chi connectivity index (χ0n) is 11.5. The molecule has 0 aliphatic rings. The van der Waals surface area contributed by atoms with E-state index in [1.54, 1.807) is 12.1 Å². The van der Waals surface area contributed by atoms with Crippen LogP contribution in [-0.2, 0) is 30.4 Å². The number of ether oxygens (including phenoxy) is 2. The fourth-order valence-corrected chi connectivity index (χ4v) is 1.35. The Hall–Kier alpha value is -2.44. The molecule has 0 unspecified atom stereocenters. The Balaban J connectivity index is 2.78. The second kappa shape index (κ2) is 7.22. The Morgan fingerprint density at radius 1 is 1.15 bits per heavy atom. The van der Waals surface area contributed by atoms with Gasteiger partial charge in [0.15, 0.2) is 0 Å². The summed E-state index contributed by atoms with van der Waals surface area (Å²) in [6.45, 7) is 4.18. The Morgan fingerprint density at radius 3 is 2.15 bits per heavy atom. The first-order valence-electron chi connectivity index (χ1n) is 5.92. The van der Waals surface area contributed by atoms with E-state index in [1.807, 2.05) is 0 Å². The summed E-state index contributed by atoms with van der Waals surface area (Å²) in [6, 6.07) is 3.26. The van der Waals surface area contributed by atoms with E-state index in [2.05, 4.69) is 10.3 Å². The standard InChI is InChI=1S/C13H16N2O5/c1-8(16)14-6-11-4-5-12(15-7-11)13(19-9(2)17)20-10(3)18/h4-5,7,13H,6H2,1-3H3,(H,14,16). The molecule has 0 spiro atoms. The molecule has 7 nitrogen and oxygen atoms in total. The zero-order chi connectivity index (χ0) is 15.1. The maximum Gasteiger partial charge on any atom is 0.306 e. The first kappa shape index (κ1) is 15.6. The molecule has 0 bridgehead atoms. The summed E-state index contributed by atoms with van der Waals surface area (Å²) in [6.07, 6.45) is 0.338. The second-order valence-corrected chi connectivity index (χ2v) is 4.05. The van der Waals surface area contributed by atoms with Gasteiger partial charge in [-0.1, -0.05) is 6.07 Å². The van der Waals surface area contributed by atoms with Crippen LogP contribution in [0.5, 0.6) is 0 Å². The number of nitrogens with one attached hydrogen (secondary N) is 1. The lowest BCUT2D eigenvalue weighted by atomic mass is 10.2. The molecule has 1 aromatic rings. The van der Waals surface area contributed by atoms with Gasteiger partial charge in [-0.05, 0) is 11.6 Å². The van der Waals surface area contributed by atoms with Crippen LogP contribution in [0.1, 0.15) is 38.3 Å². The van der Waals surface area contributed by atoms with Gasteiger partial charge in [0.2, 0.25) is 5.91 Å². The van der Waals surface area contributed by atoms with E-state index in [0.717, 1.165) is 5.56 Å². The minimum atomic E-state index is -1.17. The normalized spacial score (nSPS) is 10.0. The molecule has 1 aromatic heterocycles. The second-order valence-electron chi connectivity index (χ2n) is 4.05. The molecule has 0 saturated heterocycles. The van der Waals surface area contributed by atoms with Crippen molar-refractivity contribution in [2.45, 2.75) is 33.6 Å². The highest BCUT2D eigenvalue weighted by Crippen LogP contribution is 2.17. The molecule has 20 heavy (non-hydrogen) atoms. The summed E-state index contributed by atoms with van der Waals surface area (Å²) in [4.78, 5) is 36.8. The minimum absolute atomic E-state index is 0.147. The van der Waals surface area contributed by atoms with Crippen molar-refractivity contribution in [2.24, 2.45) is 0 Å². The molecule has 0 aromatic carbocycles. The molecule has 0 aliphatic heterocycles. The number of amides is 1. The van der Waals surface area contributed by atoms with Crippen molar-refractivity contribution in [2.75, 3.05) is 0 Å². The number of nitrogens with zero attached hydrogens (tertiary/aromatic N) is 1. The summed E-state index contributed by atoms with van der Waals surface area (Å²) < 4.78 is 9.74. The van der Waals surface area contributed by atoms with Gasteiger partial charge in [0.05, 0.1) is 0 Å². The predicted octanol–water partition coefficient (Wildman–Crippen LogP) is 0.842. The first-order valence-corrected chi connectivity index (χ1v) is 5.92. The van der Waals surface area contributed by atoms with Crippen LogP contribution in [0.3, 0.4) is 0 Å². The highest BCUT2D eigenvalue weighted by molar-refractivity contribution is 5.72. The summed E-state index contributed by atoms with van der Waals surface area (Å²) in [5, 5.41) is 2.63. The topological polar surface area (TPSA) is 94.6 Å². The summed E-state index contributed by atoms with van der Waals surface area (Å²) in [7, 11) is 0. The Labute approximate surface area is 116 Å². The Bertz CT molecular complexity index is 482. The fraction of sp³-hybridized carbons (Fsp3) is 0.385. The molecule has 0 saturated carbocycles. The first-order chi connectivity index (χ1) is 9.38. The van der Waals surface area contributed by atoms with Crippen LogP contribution in [-0.4, -0.2) is 22.8 Å². The van der Waals surface area contributed by atoms with Crippen molar-refractivity contribution in [3.8, 4) is 0 Å². The number of carbonyl (C=O) groups is 3. The molecule has 0 radical (unpaired) electrons. The van der Waals surface area contributed by atoms with Gasteiger partial charge in [0, 0.05) is 33.5 Å². The summed E-state index contributed by atoms with van der Waals surface area (Å²) in [5.74, 6) is -1.31. The summed E-state index contributed by atoms with van der Waals surface area (Å²) in [5.41, 5.74) is 1.07. The molecular weight excluding hydrogens is 264 g/mol. The number of carbonyl (C=O) groups excluding carboxylic acids is 3. The average Bonchev–Trinajstić information content (AvgIpc) is 2.35. The number of hydrogen-bond donors (Lipinski definition) is 1. The van der Waals surface area contributed by atoms with Crippen molar-refractivity contribution in [1.29, 1.82) is 0 Å². The highest BCUT2D eigenvalue weighted by atomic mass is 16.7. The molecule has 0 aliphatic carbocycles. The highest BCUT2D eigenvalue weighted by Gasteiger charge is 2.19. The largest absolute Gasteiger partial charge is 0.419 e. The average molecular weight is 280 g/mol. The number of aromatic nitrogens is 1. The number of hydrogen-bond acceptors (Lipinski definition) is 6. The van der Waals surface area contributed by atoms with Gasteiger partial charge in [0.1, 0.15) is 5.69 Å². The van der Waals surface area contributed by atoms with E-state index in [4.69, 9.17) is 9.47 Å². The molecule has 0 atom stereocenters. The predicted molar refractivity (Wildman–Crippen MR) is 68.0 cm³/mol. The van der Waals surface area contributed by atoms with Crippen LogP contribution >= 0.6 is 0 Å². The molecule has 108 valence electrons. The van der Waals surface area contributed by atoms with Gasteiger partial charge in [-0.15, -0.1) is 0 Å². The van der Waals surface area contributed by atoms with Crippen LogP contribution < -0.4 is 5.32 Å². The van der Waals surface area contributed by atoms with Crippen LogP contribution in [0.2, 0.25) is 0 Å². The van der Waals surface area contributed by atoms with Gasteiger partial charge in [0.25, 0.3) is 6.29 Å². The molecule has 1 heterocycles. The van der Waals surface area contributed by atoms with Gasteiger partial charge < -0.3 is 14.8 Å². The SMILES string of the molecule is CC(=O)NCc1ccc(C(OC(C)=O)OC(C)=O)nc1. The van der Waals surface area contributed by atoms with Crippen molar-refractivity contribution < 1.29 is 23.9 Å². The van der Waals surface area contributed by atoms with Crippen LogP contribution in [0, 0.1) is 0 Å². The third-order valence-electron chi connectivity index (χ3n) is 2.18. The number of esters is 2. The van der Waals surface area contributed by atoms with Crippen molar-refractivity contribution in [3.05, 3.63) is 29.6 Å². The minimum Gasteiger partial charge on any atom is -0.419 e. The smallest absolute Gasteiger partial charge is 0.306 e. The molecule has 1 rings (SSSR count). The van der Waals surface area contributed by atoms with Crippen LogP contribution in [0.4, 0.5) is 0 Å². The molecular formula is C13H16N2O5. The maximum absolute atomic E-state index is 11.0. The Morgan fingerprint density at radius 2 is 1.75 bits per heavy atom. The lowest BCUT2D eigenvalue weighted by Gasteiger charge is -2.16. The maximum atomic E-state index is 11.0. The van der Waals surface area contributed by atoms with E-state index in [-0.39, 0.29) is 5.91 Å². The molecule has 1 amide bonds. The quantitative estimate of drug-likeness (QED) is 0.634. The zero-order valence-corrected chi connectivity index (χ0v) is 11.5. The Kier molecular flexibility index (Phi) is 5.64. The van der Waals surface area contributed by atoms with Crippen molar-refractivity contribution >= 4 is 17.8 Å². The van der Waals surface area contributed by atoms with Crippen LogP contribution in [0.15, 0.2) is 18.3 Å².